The predicted molar refractivity (Wildman–Crippen MR) is 334 cm³/mol. The second kappa shape index (κ2) is 65.1. The standard InChI is InChI=1S/C71H124O6/c1-4-7-10-13-16-19-21-23-25-27-28-29-30-31-32-33-34-35-36-37-38-39-40-41-42-43-44-45-47-48-50-52-55-58-61-64-70(73)76-67-68(66-75-69(72)63-60-57-54-18-15-12-9-6-3)77-71(74)65-62-59-56-53-51-49-46-26-24-22-20-17-14-11-8-5-2/h7,10,16,19,23,25-26,28-29,31-32,34-35,46,68H,4-6,8-9,11-15,17-18,20-22,24,27,30,33,36-45,47-67H2,1-3H3/b10-7-,19-16-,25-23-,29-28-,32-31-,35-34-,46-26-. The molecular formula is C71H124O6. The third-order valence-corrected chi connectivity index (χ3v) is 14.4. The monoisotopic (exact) mass is 1070 g/mol. The van der Waals surface area contributed by atoms with E-state index in [-0.39, 0.29) is 31.1 Å². The van der Waals surface area contributed by atoms with Crippen molar-refractivity contribution < 1.29 is 28.6 Å². The fourth-order valence-corrected chi connectivity index (χ4v) is 9.44. The van der Waals surface area contributed by atoms with E-state index < -0.39 is 6.10 Å². The maximum atomic E-state index is 12.8. The minimum absolute atomic E-state index is 0.0747. The third-order valence-electron chi connectivity index (χ3n) is 14.4. The van der Waals surface area contributed by atoms with E-state index in [0.29, 0.717) is 19.3 Å². The Balaban J connectivity index is 4.04. The summed E-state index contributed by atoms with van der Waals surface area (Å²) in [6.45, 7) is 6.52. The SMILES string of the molecule is CC/C=C\C/C=C\C/C=C\C/C=C\C/C=C\C/C=C\CCCCCCCCCCCCCCCCCCC(=O)OCC(COC(=O)CCCCCCCCCC)OC(=O)CCCCCCC/C=C\CCCCCCCCC. The van der Waals surface area contributed by atoms with E-state index in [9.17, 15) is 14.4 Å². The molecule has 0 aromatic heterocycles. The fourth-order valence-electron chi connectivity index (χ4n) is 9.44. The van der Waals surface area contributed by atoms with Gasteiger partial charge in [-0.25, -0.2) is 0 Å². The van der Waals surface area contributed by atoms with Crippen molar-refractivity contribution in [3.8, 4) is 0 Å². The minimum atomic E-state index is -0.776. The van der Waals surface area contributed by atoms with E-state index in [4.69, 9.17) is 14.2 Å². The summed E-state index contributed by atoms with van der Waals surface area (Å²) < 4.78 is 16.9. The molecule has 1 atom stereocenters. The number of carbonyl (C=O) groups is 3. The van der Waals surface area contributed by atoms with Gasteiger partial charge in [0.2, 0.25) is 0 Å². The van der Waals surface area contributed by atoms with Crippen LogP contribution in [0.25, 0.3) is 0 Å². The normalized spacial score (nSPS) is 12.6. The van der Waals surface area contributed by atoms with Crippen molar-refractivity contribution in [2.24, 2.45) is 0 Å². The lowest BCUT2D eigenvalue weighted by atomic mass is 10.0. The molecule has 0 N–H and O–H groups in total. The van der Waals surface area contributed by atoms with Crippen LogP contribution < -0.4 is 0 Å². The zero-order valence-electron chi connectivity index (χ0n) is 51.0. The van der Waals surface area contributed by atoms with Crippen LogP contribution in [0.15, 0.2) is 85.1 Å². The summed E-state index contributed by atoms with van der Waals surface area (Å²) in [6.07, 6.45) is 86.2. The summed E-state index contributed by atoms with van der Waals surface area (Å²) in [5.74, 6) is -0.874. The Morgan fingerprint density at radius 2 is 0.506 bits per heavy atom. The fraction of sp³-hybridized carbons (Fsp3) is 0.761. The molecule has 0 saturated carbocycles. The van der Waals surface area contributed by atoms with Crippen LogP contribution in [0.5, 0.6) is 0 Å². The van der Waals surface area contributed by atoms with E-state index in [0.717, 1.165) is 103 Å². The first-order valence-corrected chi connectivity index (χ1v) is 33.1. The maximum Gasteiger partial charge on any atom is 0.306 e. The van der Waals surface area contributed by atoms with Crippen molar-refractivity contribution in [2.45, 2.75) is 335 Å². The number of hydrogen-bond donors (Lipinski definition) is 0. The van der Waals surface area contributed by atoms with E-state index in [1.807, 2.05) is 0 Å². The lowest BCUT2D eigenvalue weighted by Crippen LogP contribution is -2.30. The third kappa shape index (κ3) is 63.3. The molecule has 0 amide bonds. The van der Waals surface area contributed by atoms with Crippen molar-refractivity contribution in [1.29, 1.82) is 0 Å². The molecule has 0 aliphatic heterocycles. The number of allylic oxidation sites excluding steroid dienone is 14. The van der Waals surface area contributed by atoms with Gasteiger partial charge in [-0.05, 0) is 96.3 Å². The van der Waals surface area contributed by atoms with Gasteiger partial charge >= 0.3 is 17.9 Å². The zero-order chi connectivity index (χ0) is 55.7. The van der Waals surface area contributed by atoms with Gasteiger partial charge in [0.25, 0.3) is 0 Å². The van der Waals surface area contributed by atoms with Gasteiger partial charge in [-0.2, -0.15) is 0 Å². The number of unbranched alkanes of at least 4 members (excludes halogenated alkanes) is 35. The molecule has 0 aromatic carbocycles. The minimum Gasteiger partial charge on any atom is -0.462 e. The van der Waals surface area contributed by atoms with Gasteiger partial charge in [-0.3, -0.25) is 14.4 Å². The van der Waals surface area contributed by atoms with Crippen molar-refractivity contribution in [1.82, 2.24) is 0 Å². The molecule has 0 aliphatic rings. The van der Waals surface area contributed by atoms with Gasteiger partial charge < -0.3 is 14.2 Å². The summed E-state index contributed by atoms with van der Waals surface area (Å²) in [5, 5.41) is 0. The first kappa shape index (κ1) is 73.6. The van der Waals surface area contributed by atoms with Crippen LogP contribution >= 0.6 is 0 Å². The maximum absolute atomic E-state index is 12.8. The molecule has 0 radical (unpaired) electrons. The number of rotatable bonds is 60. The van der Waals surface area contributed by atoms with Crippen molar-refractivity contribution >= 4 is 17.9 Å². The molecule has 444 valence electrons. The summed E-state index contributed by atoms with van der Waals surface area (Å²) in [7, 11) is 0. The van der Waals surface area contributed by atoms with E-state index >= 15 is 0 Å². The predicted octanol–water partition coefficient (Wildman–Crippen LogP) is 22.7. The molecular weight excluding hydrogens is 949 g/mol. The van der Waals surface area contributed by atoms with E-state index in [1.165, 1.54) is 186 Å². The van der Waals surface area contributed by atoms with Gasteiger partial charge in [0.15, 0.2) is 6.10 Å². The van der Waals surface area contributed by atoms with Crippen LogP contribution in [0.2, 0.25) is 0 Å². The van der Waals surface area contributed by atoms with Crippen LogP contribution in [0, 0.1) is 0 Å². The highest BCUT2D eigenvalue weighted by Gasteiger charge is 2.19. The van der Waals surface area contributed by atoms with Crippen LogP contribution in [-0.4, -0.2) is 37.2 Å². The van der Waals surface area contributed by atoms with Gasteiger partial charge in [-0.1, -0.05) is 298 Å². The molecule has 1 unspecified atom stereocenters. The smallest absolute Gasteiger partial charge is 0.306 e. The van der Waals surface area contributed by atoms with Crippen molar-refractivity contribution in [2.75, 3.05) is 13.2 Å². The van der Waals surface area contributed by atoms with E-state index in [2.05, 4.69) is 106 Å². The van der Waals surface area contributed by atoms with Crippen LogP contribution in [0.1, 0.15) is 329 Å². The van der Waals surface area contributed by atoms with Crippen molar-refractivity contribution in [3.05, 3.63) is 85.1 Å². The molecule has 6 nitrogen and oxygen atoms in total. The molecule has 0 fully saturated rings. The Kier molecular flexibility index (Phi) is 62.2. The Labute approximate surface area is 477 Å². The Hall–Kier alpha value is -3.41. The number of ether oxygens (including phenoxy) is 3. The Morgan fingerprint density at radius 1 is 0.273 bits per heavy atom. The highest BCUT2D eigenvalue weighted by Crippen LogP contribution is 2.17. The zero-order valence-corrected chi connectivity index (χ0v) is 51.0. The molecule has 0 spiro atoms. The Bertz CT molecular complexity index is 1470. The second-order valence-electron chi connectivity index (χ2n) is 22.0. The molecule has 6 heteroatoms. The average Bonchev–Trinajstić information content (AvgIpc) is 3.43. The van der Waals surface area contributed by atoms with E-state index in [1.54, 1.807) is 0 Å². The highest BCUT2D eigenvalue weighted by atomic mass is 16.6. The van der Waals surface area contributed by atoms with Crippen LogP contribution in [0.3, 0.4) is 0 Å². The van der Waals surface area contributed by atoms with Crippen LogP contribution in [-0.2, 0) is 28.6 Å². The largest absolute Gasteiger partial charge is 0.462 e. The highest BCUT2D eigenvalue weighted by molar-refractivity contribution is 5.71. The Morgan fingerprint density at radius 3 is 0.805 bits per heavy atom. The lowest BCUT2D eigenvalue weighted by Gasteiger charge is -2.18. The van der Waals surface area contributed by atoms with Gasteiger partial charge in [0.1, 0.15) is 13.2 Å². The topological polar surface area (TPSA) is 78.9 Å². The number of esters is 3. The average molecular weight is 1070 g/mol. The molecule has 0 heterocycles. The first-order chi connectivity index (χ1) is 38.0. The van der Waals surface area contributed by atoms with Crippen molar-refractivity contribution in [3.63, 3.8) is 0 Å². The quantitative estimate of drug-likeness (QED) is 0.0261. The second-order valence-corrected chi connectivity index (χ2v) is 22.0. The molecule has 0 rings (SSSR count). The summed E-state index contributed by atoms with van der Waals surface area (Å²) >= 11 is 0. The van der Waals surface area contributed by atoms with Crippen LogP contribution in [0.4, 0.5) is 0 Å². The summed E-state index contributed by atoms with van der Waals surface area (Å²) in [4.78, 5) is 38.1. The molecule has 0 bridgehead atoms. The van der Waals surface area contributed by atoms with Gasteiger partial charge in [0.05, 0.1) is 0 Å². The molecule has 0 saturated heterocycles. The van der Waals surface area contributed by atoms with Gasteiger partial charge in [-0.15, -0.1) is 0 Å². The number of hydrogen-bond acceptors (Lipinski definition) is 6. The van der Waals surface area contributed by atoms with Gasteiger partial charge in [0, 0.05) is 19.3 Å². The summed E-state index contributed by atoms with van der Waals surface area (Å²) in [5.41, 5.74) is 0. The molecule has 77 heavy (non-hydrogen) atoms. The molecule has 0 aromatic rings. The lowest BCUT2D eigenvalue weighted by molar-refractivity contribution is -0.167. The summed E-state index contributed by atoms with van der Waals surface area (Å²) in [6, 6.07) is 0. The molecule has 0 aliphatic carbocycles. The first-order valence-electron chi connectivity index (χ1n) is 33.1. The number of carbonyl (C=O) groups excluding carboxylic acids is 3.